The molecule has 0 spiro atoms. The molecule has 0 aliphatic carbocycles. The summed E-state index contributed by atoms with van der Waals surface area (Å²) in [5, 5.41) is 12.3. The van der Waals surface area contributed by atoms with Gasteiger partial charge in [0.15, 0.2) is 4.77 Å². The summed E-state index contributed by atoms with van der Waals surface area (Å²) in [7, 11) is 0. The van der Waals surface area contributed by atoms with Crippen LogP contribution in [0.1, 0.15) is 30.3 Å². The monoisotopic (exact) mass is 305 g/mol. The molecule has 1 heterocycles. The van der Waals surface area contributed by atoms with E-state index in [1.807, 2.05) is 37.3 Å². The third-order valence-electron chi connectivity index (χ3n) is 3.26. The fraction of sp³-hybridized carbons (Fsp3) is 0.333. The molecule has 21 heavy (non-hydrogen) atoms. The molecule has 1 aromatic heterocycles. The van der Waals surface area contributed by atoms with Crippen LogP contribution in [-0.2, 0) is 0 Å². The molecular formula is C15H19N3O2S. The van der Waals surface area contributed by atoms with E-state index >= 15 is 0 Å². The Morgan fingerprint density at radius 3 is 2.81 bits per heavy atom. The molecule has 112 valence electrons. The van der Waals surface area contributed by atoms with Crippen LogP contribution in [0.4, 0.5) is 0 Å². The number of amides is 1. The Labute approximate surface area is 128 Å². The second kappa shape index (κ2) is 7.19. The van der Waals surface area contributed by atoms with Gasteiger partial charge in [-0.3, -0.25) is 9.36 Å². The maximum Gasteiger partial charge on any atom is 0.269 e. The van der Waals surface area contributed by atoms with Gasteiger partial charge in [0.1, 0.15) is 5.69 Å². The zero-order valence-electron chi connectivity index (χ0n) is 11.9. The van der Waals surface area contributed by atoms with Gasteiger partial charge >= 0.3 is 0 Å². The lowest BCUT2D eigenvalue weighted by atomic mass is 10.2. The molecule has 0 aliphatic rings. The van der Waals surface area contributed by atoms with Gasteiger partial charge in [0, 0.05) is 18.4 Å². The van der Waals surface area contributed by atoms with Crippen molar-refractivity contribution in [1.29, 1.82) is 0 Å². The molecule has 0 saturated carbocycles. The smallest absolute Gasteiger partial charge is 0.269 e. The molecule has 1 aromatic carbocycles. The fourth-order valence-corrected chi connectivity index (χ4v) is 2.28. The number of hydrogen-bond acceptors (Lipinski definition) is 3. The van der Waals surface area contributed by atoms with Crippen molar-refractivity contribution in [3.63, 3.8) is 0 Å². The molecule has 3 N–H and O–H groups in total. The molecular weight excluding hydrogens is 286 g/mol. The molecule has 0 radical (unpaired) electrons. The van der Waals surface area contributed by atoms with Crippen LogP contribution in [0.15, 0.2) is 36.5 Å². The molecule has 2 rings (SSSR count). The molecule has 1 amide bonds. The van der Waals surface area contributed by atoms with Gasteiger partial charge in [-0.1, -0.05) is 25.1 Å². The van der Waals surface area contributed by atoms with Gasteiger partial charge in [-0.05, 0) is 37.2 Å². The fourth-order valence-electron chi connectivity index (χ4n) is 2.02. The number of aliphatic hydroxyl groups is 1. The van der Waals surface area contributed by atoms with Gasteiger partial charge in [-0.15, -0.1) is 0 Å². The van der Waals surface area contributed by atoms with Crippen molar-refractivity contribution < 1.29 is 9.90 Å². The van der Waals surface area contributed by atoms with E-state index in [2.05, 4.69) is 10.3 Å². The highest BCUT2D eigenvalue weighted by atomic mass is 32.1. The number of aliphatic hydroxyl groups excluding tert-OH is 1. The third-order valence-corrected chi connectivity index (χ3v) is 3.56. The van der Waals surface area contributed by atoms with Crippen molar-refractivity contribution in [3.8, 4) is 5.69 Å². The predicted molar refractivity (Wildman–Crippen MR) is 84.2 cm³/mol. The molecule has 0 bridgehead atoms. The van der Waals surface area contributed by atoms with Crippen molar-refractivity contribution in [2.24, 2.45) is 0 Å². The first kappa shape index (κ1) is 15.5. The lowest BCUT2D eigenvalue weighted by Gasteiger charge is -2.10. The molecule has 1 unspecified atom stereocenters. The number of para-hydroxylation sites is 1. The highest BCUT2D eigenvalue weighted by molar-refractivity contribution is 7.71. The quantitative estimate of drug-likeness (QED) is 0.718. The van der Waals surface area contributed by atoms with Gasteiger partial charge in [0.2, 0.25) is 0 Å². The van der Waals surface area contributed by atoms with Gasteiger partial charge in [-0.2, -0.15) is 0 Å². The number of carbonyl (C=O) groups excluding carboxylic acids is 1. The third kappa shape index (κ3) is 3.80. The summed E-state index contributed by atoms with van der Waals surface area (Å²) in [6.45, 7) is 2.34. The maximum atomic E-state index is 12.2. The van der Waals surface area contributed by atoms with E-state index in [4.69, 9.17) is 12.2 Å². The minimum atomic E-state index is -0.382. The maximum absolute atomic E-state index is 12.2. The first-order valence-electron chi connectivity index (χ1n) is 6.95. The lowest BCUT2D eigenvalue weighted by Crippen LogP contribution is -2.28. The molecule has 6 heteroatoms. The van der Waals surface area contributed by atoms with Crippen LogP contribution in [0.2, 0.25) is 0 Å². The van der Waals surface area contributed by atoms with Crippen LogP contribution in [0.25, 0.3) is 5.69 Å². The number of nitrogens with zero attached hydrogens (tertiary/aromatic N) is 1. The number of aromatic nitrogens is 2. The number of H-pyrrole nitrogens is 1. The van der Waals surface area contributed by atoms with Gasteiger partial charge in [0.25, 0.3) is 5.91 Å². The van der Waals surface area contributed by atoms with E-state index in [0.717, 1.165) is 5.69 Å². The van der Waals surface area contributed by atoms with Crippen LogP contribution < -0.4 is 5.32 Å². The minimum absolute atomic E-state index is 0.213. The Hall–Kier alpha value is -1.92. The van der Waals surface area contributed by atoms with E-state index in [1.54, 1.807) is 10.8 Å². The summed E-state index contributed by atoms with van der Waals surface area (Å²) in [5.41, 5.74) is 1.29. The number of imidazole rings is 1. The van der Waals surface area contributed by atoms with Gasteiger partial charge in [0.05, 0.1) is 6.10 Å². The van der Waals surface area contributed by atoms with Crippen LogP contribution in [-0.4, -0.2) is 33.2 Å². The second-order valence-electron chi connectivity index (χ2n) is 4.76. The Kier molecular flexibility index (Phi) is 5.30. The highest BCUT2D eigenvalue weighted by Crippen LogP contribution is 2.12. The standard InChI is InChI=1S/C15H19N3O2S/c1-2-12(19)8-9-16-14(20)13-10-17-15(21)18(13)11-6-4-3-5-7-11/h3-7,10,12,19H,2,8-9H2,1H3,(H,16,20)(H,17,21). The molecule has 2 aromatic rings. The molecule has 5 nitrogen and oxygen atoms in total. The zero-order chi connectivity index (χ0) is 15.2. The number of hydrogen-bond donors (Lipinski definition) is 3. The summed E-state index contributed by atoms with van der Waals surface area (Å²) in [5.74, 6) is -0.213. The summed E-state index contributed by atoms with van der Waals surface area (Å²) >= 11 is 5.23. The number of nitrogens with one attached hydrogen (secondary N) is 2. The Bertz CT molecular complexity index is 648. The lowest BCUT2D eigenvalue weighted by molar-refractivity contribution is 0.0935. The van der Waals surface area contributed by atoms with Crippen molar-refractivity contribution in [2.75, 3.05) is 6.54 Å². The molecule has 0 aliphatic heterocycles. The van der Waals surface area contributed by atoms with E-state index in [0.29, 0.717) is 29.9 Å². The first-order valence-corrected chi connectivity index (χ1v) is 7.36. The molecule has 0 fully saturated rings. The zero-order valence-corrected chi connectivity index (χ0v) is 12.7. The summed E-state index contributed by atoms with van der Waals surface area (Å²) in [4.78, 5) is 15.1. The van der Waals surface area contributed by atoms with Crippen LogP contribution in [0.5, 0.6) is 0 Å². The normalized spacial score (nSPS) is 12.1. The predicted octanol–water partition coefficient (Wildman–Crippen LogP) is 2.43. The Balaban J connectivity index is 2.14. The summed E-state index contributed by atoms with van der Waals surface area (Å²) in [6.07, 6.45) is 2.44. The van der Waals surface area contributed by atoms with Gasteiger partial charge < -0.3 is 15.4 Å². The molecule has 1 atom stereocenters. The Morgan fingerprint density at radius 2 is 2.14 bits per heavy atom. The number of aromatic amines is 1. The minimum Gasteiger partial charge on any atom is -0.393 e. The van der Waals surface area contributed by atoms with E-state index < -0.39 is 0 Å². The van der Waals surface area contributed by atoms with Crippen molar-refractivity contribution in [1.82, 2.24) is 14.9 Å². The van der Waals surface area contributed by atoms with Gasteiger partial charge in [-0.25, -0.2) is 0 Å². The number of carbonyl (C=O) groups is 1. The molecule has 0 saturated heterocycles. The first-order chi connectivity index (χ1) is 10.1. The average Bonchev–Trinajstić information content (AvgIpc) is 2.89. The van der Waals surface area contributed by atoms with E-state index in [-0.39, 0.29) is 12.0 Å². The van der Waals surface area contributed by atoms with Crippen LogP contribution in [0, 0.1) is 4.77 Å². The SMILES string of the molecule is CCC(O)CCNC(=O)c1c[nH]c(=S)n1-c1ccccc1. The highest BCUT2D eigenvalue weighted by Gasteiger charge is 2.14. The van der Waals surface area contributed by atoms with E-state index in [9.17, 15) is 9.90 Å². The van der Waals surface area contributed by atoms with Crippen molar-refractivity contribution in [3.05, 3.63) is 47.0 Å². The topological polar surface area (TPSA) is 70.1 Å². The second-order valence-corrected chi connectivity index (χ2v) is 5.14. The van der Waals surface area contributed by atoms with Crippen LogP contribution >= 0.6 is 12.2 Å². The largest absolute Gasteiger partial charge is 0.393 e. The average molecular weight is 305 g/mol. The summed E-state index contributed by atoms with van der Waals surface area (Å²) in [6, 6.07) is 9.47. The Morgan fingerprint density at radius 1 is 1.43 bits per heavy atom. The number of rotatable bonds is 6. The van der Waals surface area contributed by atoms with Crippen molar-refractivity contribution >= 4 is 18.1 Å². The number of benzene rings is 1. The van der Waals surface area contributed by atoms with Crippen molar-refractivity contribution in [2.45, 2.75) is 25.9 Å². The van der Waals surface area contributed by atoms with E-state index in [1.165, 1.54) is 0 Å². The van der Waals surface area contributed by atoms with Crippen LogP contribution in [0.3, 0.4) is 0 Å². The summed E-state index contributed by atoms with van der Waals surface area (Å²) < 4.78 is 2.17.